The van der Waals surface area contributed by atoms with Gasteiger partial charge >= 0.3 is 0 Å². The third-order valence-corrected chi connectivity index (χ3v) is 7.07. The number of hydrogen-bond acceptors (Lipinski definition) is 4. The first kappa shape index (κ1) is 23.3. The Hall–Kier alpha value is -2.83. The molecule has 33 heavy (non-hydrogen) atoms. The number of benzene rings is 1. The number of amides is 3. The summed E-state index contributed by atoms with van der Waals surface area (Å²) in [7, 11) is 0. The van der Waals surface area contributed by atoms with E-state index < -0.39 is 6.04 Å². The Labute approximate surface area is 195 Å². The van der Waals surface area contributed by atoms with E-state index in [0.29, 0.717) is 29.9 Å². The molecule has 2 aromatic rings. The average molecular weight is 454 g/mol. The summed E-state index contributed by atoms with van der Waals surface area (Å²) >= 11 is 0. The molecule has 3 amide bonds. The van der Waals surface area contributed by atoms with Crippen molar-refractivity contribution in [1.82, 2.24) is 16.0 Å². The van der Waals surface area contributed by atoms with Crippen molar-refractivity contribution in [2.24, 2.45) is 11.8 Å². The molecule has 0 radical (unpaired) electrons. The van der Waals surface area contributed by atoms with Crippen LogP contribution in [0.25, 0.3) is 11.0 Å². The van der Waals surface area contributed by atoms with Crippen LogP contribution in [0.1, 0.15) is 75.1 Å². The van der Waals surface area contributed by atoms with Gasteiger partial charge in [-0.1, -0.05) is 50.3 Å². The monoisotopic (exact) mass is 453 g/mol. The highest BCUT2D eigenvalue weighted by atomic mass is 16.3. The Balaban J connectivity index is 1.43. The van der Waals surface area contributed by atoms with Crippen molar-refractivity contribution in [3.8, 4) is 0 Å². The number of fused-ring (bicyclic) bond motifs is 1. The lowest BCUT2D eigenvalue weighted by atomic mass is 9.84. The quantitative estimate of drug-likeness (QED) is 0.564. The molecule has 2 heterocycles. The Morgan fingerprint density at radius 1 is 1.06 bits per heavy atom. The maximum atomic E-state index is 13.3. The molecule has 3 unspecified atom stereocenters. The van der Waals surface area contributed by atoms with Gasteiger partial charge in [0.2, 0.25) is 11.8 Å². The lowest BCUT2D eigenvalue weighted by Crippen LogP contribution is -2.50. The maximum absolute atomic E-state index is 13.3. The van der Waals surface area contributed by atoms with Gasteiger partial charge < -0.3 is 20.4 Å². The summed E-state index contributed by atoms with van der Waals surface area (Å²) in [6.07, 6.45) is 10.3. The van der Waals surface area contributed by atoms with Crippen LogP contribution in [-0.4, -0.2) is 36.3 Å². The average Bonchev–Trinajstić information content (AvgIpc) is 3.25. The Morgan fingerprint density at radius 3 is 2.64 bits per heavy atom. The fraction of sp³-hybridized carbons (Fsp3) is 0.577. The molecule has 0 bridgehead atoms. The number of rotatable bonds is 8. The molecule has 4 rings (SSSR count). The second-order valence-corrected chi connectivity index (χ2v) is 9.69. The Morgan fingerprint density at radius 2 is 1.85 bits per heavy atom. The molecule has 1 aliphatic heterocycles. The smallest absolute Gasteiger partial charge is 0.255 e. The van der Waals surface area contributed by atoms with Crippen molar-refractivity contribution < 1.29 is 18.8 Å². The van der Waals surface area contributed by atoms with E-state index in [9.17, 15) is 14.4 Å². The molecule has 1 saturated carbocycles. The largest absolute Gasteiger partial charge is 0.463 e. The number of hydrogen-bond donors (Lipinski definition) is 3. The van der Waals surface area contributed by atoms with E-state index >= 15 is 0 Å². The fourth-order valence-electron chi connectivity index (χ4n) is 5.27. The second-order valence-electron chi connectivity index (χ2n) is 9.69. The van der Waals surface area contributed by atoms with Crippen LogP contribution >= 0.6 is 0 Å². The van der Waals surface area contributed by atoms with Gasteiger partial charge in [0.05, 0.1) is 5.56 Å². The highest BCUT2D eigenvalue weighted by Gasteiger charge is 2.30. The second kappa shape index (κ2) is 10.9. The van der Waals surface area contributed by atoms with Gasteiger partial charge in [0.25, 0.3) is 5.91 Å². The van der Waals surface area contributed by atoms with Gasteiger partial charge in [0.1, 0.15) is 17.9 Å². The zero-order chi connectivity index (χ0) is 23.2. The molecule has 7 heteroatoms. The molecule has 1 saturated heterocycles. The van der Waals surface area contributed by atoms with E-state index in [1.165, 1.54) is 25.5 Å². The molecular weight excluding hydrogens is 418 g/mol. The van der Waals surface area contributed by atoms with Crippen molar-refractivity contribution in [3.63, 3.8) is 0 Å². The van der Waals surface area contributed by atoms with Crippen molar-refractivity contribution in [2.45, 2.75) is 76.8 Å². The minimum Gasteiger partial charge on any atom is -0.463 e. The van der Waals surface area contributed by atoms with Crippen molar-refractivity contribution >= 4 is 28.7 Å². The molecule has 2 aliphatic rings. The van der Waals surface area contributed by atoms with Crippen LogP contribution in [0.4, 0.5) is 0 Å². The molecular formula is C26H35N3O4. The van der Waals surface area contributed by atoms with Gasteiger partial charge in [-0.25, -0.2) is 0 Å². The standard InChI is InChI=1S/C26H35N3O4/c1-17(14-19-10-7-13-27-24(19)30)28-26(32)22(15-18-8-3-2-4-9-18)29-25(31)21-16-33-23-12-6-5-11-20(21)23/h5-6,11-12,16-19,22H,2-4,7-10,13-15H2,1H3,(H,27,30)(H,28,32)(H,29,31). The molecule has 3 atom stereocenters. The Bertz CT molecular complexity index is 979. The van der Waals surface area contributed by atoms with E-state index in [1.807, 2.05) is 31.2 Å². The summed E-state index contributed by atoms with van der Waals surface area (Å²) in [5.41, 5.74) is 1.09. The van der Waals surface area contributed by atoms with Crippen LogP contribution in [0.15, 0.2) is 34.9 Å². The van der Waals surface area contributed by atoms with Crippen molar-refractivity contribution in [3.05, 3.63) is 36.1 Å². The maximum Gasteiger partial charge on any atom is 0.255 e. The van der Waals surface area contributed by atoms with Gasteiger partial charge in [0.15, 0.2) is 0 Å². The molecule has 1 aliphatic carbocycles. The van der Waals surface area contributed by atoms with Gasteiger partial charge in [-0.05, 0) is 44.6 Å². The lowest BCUT2D eigenvalue weighted by molar-refractivity contribution is -0.128. The lowest BCUT2D eigenvalue weighted by Gasteiger charge is -2.29. The van der Waals surface area contributed by atoms with Gasteiger partial charge in [-0.3, -0.25) is 14.4 Å². The summed E-state index contributed by atoms with van der Waals surface area (Å²) in [6, 6.07) is 6.64. The van der Waals surface area contributed by atoms with E-state index in [-0.39, 0.29) is 29.7 Å². The van der Waals surface area contributed by atoms with E-state index in [2.05, 4.69) is 16.0 Å². The zero-order valence-corrected chi connectivity index (χ0v) is 19.4. The van der Waals surface area contributed by atoms with Crippen molar-refractivity contribution in [2.75, 3.05) is 6.54 Å². The summed E-state index contributed by atoms with van der Waals surface area (Å²) in [5.74, 6) is -0.0463. The third-order valence-electron chi connectivity index (χ3n) is 7.07. The molecule has 178 valence electrons. The first-order valence-corrected chi connectivity index (χ1v) is 12.4. The van der Waals surface area contributed by atoms with Gasteiger partial charge in [-0.2, -0.15) is 0 Å². The van der Waals surface area contributed by atoms with E-state index in [4.69, 9.17) is 4.42 Å². The topological polar surface area (TPSA) is 100 Å². The predicted octanol–water partition coefficient (Wildman–Crippen LogP) is 3.92. The molecule has 0 spiro atoms. The van der Waals surface area contributed by atoms with E-state index in [1.54, 1.807) is 0 Å². The molecule has 1 aromatic carbocycles. The molecule has 2 fully saturated rings. The summed E-state index contributed by atoms with van der Waals surface area (Å²) in [6.45, 7) is 2.66. The minimum absolute atomic E-state index is 0.0706. The SMILES string of the molecule is CC(CC1CCCNC1=O)NC(=O)C(CC1CCCCC1)NC(=O)c1coc2ccccc12. The van der Waals surface area contributed by atoms with Crippen LogP contribution in [0.3, 0.4) is 0 Å². The summed E-state index contributed by atoms with van der Waals surface area (Å²) in [4.78, 5) is 38.5. The number of para-hydroxylation sites is 1. The predicted molar refractivity (Wildman–Crippen MR) is 127 cm³/mol. The number of furan rings is 1. The zero-order valence-electron chi connectivity index (χ0n) is 19.4. The van der Waals surface area contributed by atoms with E-state index in [0.717, 1.165) is 37.6 Å². The third kappa shape index (κ3) is 5.95. The fourth-order valence-corrected chi connectivity index (χ4v) is 5.27. The van der Waals surface area contributed by atoms with Gasteiger partial charge in [-0.15, -0.1) is 0 Å². The molecule has 3 N–H and O–H groups in total. The van der Waals surface area contributed by atoms with Crippen LogP contribution in [-0.2, 0) is 9.59 Å². The molecule has 7 nitrogen and oxygen atoms in total. The number of nitrogens with one attached hydrogen (secondary N) is 3. The normalized spacial score (nSPS) is 21.2. The van der Waals surface area contributed by atoms with Crippen LogP contribution in [0.5, 0.6) is 0 Å². The van der Waals surface area contributed by atoms with Crippen LogP contribution < -0.4 is 16.0 Å². The molecule has 1 aromatic heterocycles. The van der Waals surface area contributed by atoms with Gasteiger partial charge in [0, 0.05) is 23.9 Å². The van der Waals surface area contributed by atoms with Crippen molar-refractivity contribution in [1.29, 1.82) is 0 Å². The van der Waals surface area contributed by atoms with Crippen LogP contribution in [0, 0.1) is 11.8 Å². The highest BCUT2D eigenvalue weighted by Crippen LogP contribution is 2.28. The summed E-state index contributed by atoms with van der Waals surface area (Å²) in [5, 5.41) is 9.70. The first-order chi connectivity index (χ1) is 16.0. The Kier molecular flexibility index (Phi) is 7.68. The number of carbonyl (C=O) groups is 3. The summed E-state index contributed by atoms with van der Waals surface area (Å²) < 4.78 is 5.52. The highest BCUT2D eigenvalue weighted by molar-refractivity contribution is 6.07. The van der Waals surface area contributed by atoms with Crippen LogP contribution in [0.2, 0.25) is 0 Å². The minimum atomic E-state index is -0.614. The first-order valence-electron chi connectivity index (χ1n) is 12.4. The number of piperidine rings is 1. The number of carbonyl (C=O) groups excluding carboxylic acids is 3.